The van der Waals surface area contributed by atoms with Gasteiger partial charge in [-0.1, -0.05) is 13.8 Å². The first-order chi connectivity index (χ1) is 9.43. The fourth-order valence-electron chi connectivity index (χ4n) is 1.65. The van der Waals surface area contributed by atoms with Gasteiger partial charge in [0.1, 0.15) is 18.3 Å². The molecule has 6 nitrogen and oxygen atoms in total. The molecule has 1 aromatic heterocycles. The molecule has 0 spiro atoms. The highest BCUT2D eigenvalue weighted by Gasteiger charge is 2.20. The monoisotopic (exact) mass is 277 g/mol. The molecule has 20 heavy (non-hydrogen) atoms. The molecule has 0 aliphatic heterocycles. The first-order valence-electron chi connectivity index (χ1n) is 6.47. The standard InChI is InChI=1S/C14H19N3O3/c1-9(2)6-12(7-15)17-13(18)10(3)16-14(19)11-4-5-20-8-11/h4-5,8-10,12H,6H2,1-3H3,(H,16,19)(H,17,18). The summed E-state index contributed by atoms with van der Waals surface area (Å²) in [4.78, 5) is 23.6. The van der Waals surface area contributed by atoms with Crippen LogP contribution in [0.1, 0.15) is 37.6 Å². The molecule has 1 rings (SSSR count). The van der Waals surface area contributed by atoms with Crippen molar-refractivity contribution < 1.29 is 14.0 Å². The second kappa shape index (κ2) is 7.34. The zero-order valence-corrected chi connectivity index (χ0v) is 11.8. The van der Waals surface area contributed by atoms with E-state index in [1.165, 1.54) is 18.6 Å². The number of furan rings is 1. The lowest BCUT2D eigenvalue weighted by Gasteiger charge is -2.17. The van der Waals surface area contributed by atoms with E-state index in [1.54, 1.807) is 6.92 Å². The Balaban J connectivity index is 2.50. The topological polar surface area (TPSA) is 95.1 Å². The Morgan fingerprint density at radius 1 is 1.35 bits per heavy atom. The van der Waals surface area contributed by atoms with Gasteiger partial charge in [0.05, 0.1) is 17.9 Å². The van der Waals surface area contributed by atoms with Gasteiger partial charge in [0.15, 0.2) is 0 Å². The number of amides is 2. The molecule has 0 radical (unpaired) electrons. The van der Waals surface area contributed by atoms with Crippen LogP contribution in [0.5, 0.6) is 0 Å². The molecule has 0 aliphatic carbocycles. The third-order valence-corrected chi connectivity index (χ3v) is 2.70. The normalized spacial score (nSPS) is 13.3. The van der Waals surface area contributed by atoms with E-state index >= 15 is 0 Å². The molecular weight excluding hydrogens is 258 g/mol. The molecule has 108 valence electrons. The van der Waals surface area contributed by atoms with Crippen molar-refractivity contribution in [3.05, 3.63) is 24.2 Å². The number of carbonyl (C=O) groups excluding carboxylic acids is 2. The maximum atomic E-state index is 11.9. The molecular formula is C14H19N3O3. The zero-order chi connectivity index (χ0) is 15.1. The van der Waals surface area contributed by atoms with Gasteiger partial charge in [0, 0.05) is 0 Å². The first-order valence-corrected chi connectivity index (χ1v) is 6.47. The van der Waals surface area contributed by atoms with Gasteiger partial charge in [0.25, 0.3) is 5.91 Å². The molecule has 6 heteroatoms. The van der Waals surface area contributed by atoms with Crippen LogP contribution in [0, 0.1) is 17.2 Å². The van der Waals surface area contributed by atoms with Crippen LogP contribution in [0.3, 0.4) is 0 Å². The molecule has 1 aromatic rings. The maximum absolute atomic E-state index is 11.9. The van der Waals surface area contributed by atoms with Crippen molar-refractivity contribution in [2.24, 2.45) is 5.92 Å². The van der Waals surface area contributed by atoms with Gasteiger partial charge in [-0.2, -0.15) is 5.26 Å². The van der Waals surface area contributed by atoms with Gasteiger partial charge in [-0.25, -0.2) is 0 Å². The summed E-state index contributed by atoms with van der Waals surface area (Å²) >= 11 is 0. The molecule has 0 bridgehead atoms. The number of nitrogens with zero attached hydrogens (tertiary/aromatic N) is 1. The second-order valence-corrected chi connectivity index (χ2v) is 5.03. The molecule has 0 fully saturated rings. The summed E-state index contributed by atoms with van der Waals surface area (Å²) in [7, 11) is 0. The SMILES string of the molecule is CC(C)CC(C#N)NC(=O)C(C)NC(=O)c1ccoc1. The van der Waals surface area contributed by atoms with Crippen LogP contribution in [0.25, 0.3) is 0 Å². The summed E-state index contributed by atoms with van der Waals surface area (Å²) in [5.74, 6) is -0.469. The predicted octanol–water partition coefficient (Wildman–Crippen LogP) is 1.45. The van der Waals surface area contributed by atoms with E-state index < -0.39 is 18.0 Å². The summed E-state index contributed by atoms with van der Waals surface area (Å²) in [6.45, 7) is 5.51. The van der Waals surface area contributed by atoms with Crippen molar-refractivity contribution in [3.63, 3.8) is 0 Å². The minimum absolute atomic E-state index is 0.302. The fraction of sp³-hybridized carbons (Fsp3) is 0.500. The van der Waals surface area contributed by atoms with Crippen molar-refractivity contribution in [2.45, 2.75) is 39.3 Å². The Morgan fingerprint density at radius 3 is 2.55 bits per heavy atom. The number of nitriles is 1. The number of hydrogen-bond donors (Lipinski definition) is 2. The molecule has 2 unspecified atom stereocenters. The van der Waals surface area contributed by atoms with Gasteiger partial charge in [0.2, 0.25) is 5.91 Å². The van der Waals surface area contributed by atoms with Gasteiger partial charge in [-0.15, -0.1) is 0 Å². The Labute approximate surface area is 118 Å². The summed E-state index contributed by atoms with van der Waals surface area (Å²) in [5, 5.41) is 14.1. The molecule has 2 atom stereocenters. The molecule has 0 aliphatic rings. The molecule has 1 heterocycles. The van der Waals surface area contributed by atoms with E-state index in [0.29, 0.717) is 17.9 Å². The molecule has 0 saturated carbocycles. The highest BCUT2D eigenvalue weighted by Crippen LogP contribution is 2.04. The van der Waals surface area contributed by atoms with Crippen LogP contribution in [0.15, 0.2) is 23.0 Å². The van der Waals surface area contributed by atoms with Crippen LogP contribution in [0.4, 0.5) is 0 Å². The third-order valence-electron chi connectivity index (χ3n) is 2.70. The fourth-order valence-corrected chi connectivity index (χ4v) is 1.65. The van der Waals surface area contributed by atoms with Crippen LogP contribution in [-0.2, 0) is 4.79 Å². The van der Waals surface area contributed by atoms with Crippen molar-refractivity contribution >= 4 is 11.8 Å². The lowest BCUT2D eigenvalue weighted by molar-refractivity contribution is -0.123. The average Bonchev–Trinajstić information content (AvgIpc) is 2.90. The van der Waals surface area contributed by atoms with E-state index in [1.807, 2.05) is 19.9 Å². The van der Waals surface area contributed by atoms with Gasteiger partial charge < -0.3 is 15.1 Å². The van der Waals surface area contributed by atoms with Crippen molar-refractivity contribution in [1.82, 2.24) is 10.6 Å². The lowest BCUT2D eigenvalue weighted by atomic mass is 10.0. The third kappa shape index (κ3) is 4.76. The van der Waals surface area contributed by atoms with Crippen LogP contribution in [-0.4, -0.2) is 23.9 Å². The van der Waals surface area contributed by atoms with Gasteiger partial charge in [-0.05, 0) is 25.3 Å². The Bertz CT molecular complexity index is 488. The minimum Gasteiger partial charge on any atom is -0.472 e. The van der Waals surface area contributed by atoms with Crippen molar-refractivity contribution in [1.29, 1.82) is 5.26 Å². The highest BCUT2D eigenvalue weighted by atomic mass is 16.3. The maximum Gasteiger partial charge on any atom is 0.255 e. The van der Waals surface area contributed by atoms with E-state index in [4.69, 9.17) is 9.68 Å². The molecule has 0 aromatic carbocycles. The number of hydrogen-bond acceptors (Lipinski definition) is 4. The summed E-state index contributed by atoms with van der Waals surface area (Å²) in [6.07, 6.45) is 3.26. The van der Waals surface area contributed by atoms with Crippen LogP contribution < -0.4 is 10.6 Å². The predicted molar refractivity (Wildman–Crippen MR) is 72.6 cm³/mol. The van der Waals surface area contributed by atoms with E-state index in [9.17, 15) is 9.59 Å². The number of carbonyl (C=O) groups is 2. The van der Waals surface area contributed by atoms with Crippen molar-refractivity contribution in [3.8, 4) is 6.07 Å². The largest absolute Gasteiger partial charge is 0.472 e. The lowest BCUT2D eigenvalue weighted by Crippen LogP contribution is -2.48. The average molecular weight is 277 g/mol. The number of nitrogens with one attached hydrogen (secondary N) is 2. The van der Waals surface area contributed by atoms with Gasteiger partial charge in [-0.3, -0.25) is 9.59 Å². The second-order valence-electron chi connectivity index (χ2n) is 5.03. The Morgan fingerprint density at radius 2 is 2.05 bits per heavy atom. The Hall–Kier alpha value is -2.29. The summed E-state index contributed by atoms with van der Waals surface area (Å²) in [5.41, 5.74) is 0.351. The van der Waals surface area contributed by atoms with E-state index in [0.717, 1.165) is 0 Å². The smallest absolute Gasteiger partial charge is 0.255 e. The molecule has 2 amide bonds. The highest BCUT2D eigenvalue weighted by molar-refractivity contribution is 5.97. The molecule has 2 N–H and O–H groups in total. The molecule has 0 saturated heterocycles. The van der Waals surface area contributed by atoms with E-state index in [-0.39, 0.29) is 5.91 Å². The summed E-state index contributed by atoms with van der Waals surface area (Å²) < 4.78 is 4.80. The quantitative estimate of drug-likeness (QED) is 0.822. The minimum atomic E-state index is -0.722. The summed E-state index contributed by atoms with van der Waals surface area (Å²) in [6, 6.07) is 2.28. The first kappa shape index (κ1) is 15.8. The van der Waals surface area contributed by atoms with E-state index in [2.05, 4.69) is 10.6 Å². The number of rotatable bonds is 6. The van der Waals surface area contributed by atoms with Crippen LogP contribution >= 0.6 is 0 Å². The van der Waals surface area contributed by atoms with Gasteiger partial charge >= 0.3 is 0 Å². The zero-order valence-electron chi connectivity index (χ0n) is 11.8. The van der Waals surface area contributed by atoms with Crippen molar-refractivity contribution in [2.75, 3.05) is 0 Å². The Kier molecular flexibility index (Phi) is 5.78. The van der Waals surface area contributed by atoms with Crippen LogP contribution in [0.2, 0.25) is 0 Å².